The van der Waals surface area contributed by atoms with Crippen LogP contribution in [0.1, 0.15) is 37.0 Å². The summed E-state index contributed by atoms with van der Waals surface area (Å²) in [6.45, 7) is 6.97. The second-order valence-electron chi connectivity index (χ2n) is 5.48. The van der Waals surface area contributed by atoms with Crippen LogP contribution in [0.15, 0.2) is 18.2 Å². The number of aromatic carboxylic acids is 1. The zero-order chi connectivity index (χ0) is 15.1. The largest absolute Gasteiger partial charge is 0.478 e. The number of aryl methyl sites for hydroxylation is 1. The molecule has 106 valence electrons. The van der Waals surface area contributed by atoms with E-state index in [0.29, 0.717) is 16.9 Å². The summed E-state index contributed by atoms with van der Waals surface area (Å²) < 4.78 is 6.59. The fourth-order valence-electron chi connectivity index (χ4n) is 1.87. The lowest BCUT2D eigenvalue weighted by atomic mass is 10.2. The van der Waals surface area contributed by atoms with Crippen molar-refractivity contribution in [1.82, 2.24) is 9.55 Å². The van der Waals surface area contributed by atoms with E-state index < -0.39 is 17.7 Å². The molecule has 0 radical (unpaired) electrons. The number of hydrogen-bond donors (Lipinski definition) is 1. The molecule has 0 fully saturated rings. The second-order valence-corrected chi connectivity index (χ2v) is 5.48. The second kappa shape index (κ2) is 4.63. The molecule has 0 aliphatic carbocycles. The van der Waals surface area contributed by atoms with Crippen molar-refractivity contribution < 1.29 is 19.4 Å². The van der Waals surface area contributed by atoms with Crippen LogP contribution in [0.2, 0.25) is 0 Å². The van der Waals surface area contributed by atoms with Crippen LogP contribution in [-0.2, 0) is 4.74 Å². The Labute approximate surface area is 116 Å². The Morgan fingerprint density at radius 1 is 1.30 bits per heavy atom. The minimum atomic E-state index is -1.05. The van der Waals surface area contributed by atoms with Crippen molar-refractivity contribution >= 4 is 23.1 Å². The number of carbonyl (C=O) groups excluding carboxylic acids is 1. The first-order valence-electron chi connectivity index (χ1n) is 6.15. The monoisotopic (exact) mass is 276 g/mol. The van der Waals surface area contributed by atoms with Crippen molar-refractivity contribution in [2.45, 2.75) is 33.3 Å². The molecule has 0 saturated heterocycles. The normalized spacial score (nSPS) is 11.6. The van der Waals surface area contributed by atoms with Crippen molar-refractivity contribution in [3.8, 4) is 0 Å². The number of benzene rings is 1. The smallest absolute Gasteiger partial charge is 0.420 e. The van der Waals surface area contributed by atoms with Gasteiger partial charge in [0.05, 0.1) is 16.6 Å². The first-order chi connectivity index (χ1) is 9.19. The van der Waals surface area contributed by atoms with E-state index in [9.17, 15) is 9.59 Å². The molecule has 0 atom stereocenters. The molecule has 1 heterocycles. The molecule has 6 nitrogen and oxygen atoms in total. The number of carboxylic acids is 1. The van der Waals surface area contributed by atoms with Crippen molar-refractivity contribution in [2.24, 2.45) is 0 Å². The number of rotatable bonds is 1. The number of ether oxygens (including phenoxy) is 1. The summed E-state index contributed by atoms with van der Waals surface area (Å²) in [5.41, 5.74) is 0.446. The quantitative estimate of drug-likeness (QED) is 0.866. The SMILES string of the molecule is Cc1nc2ccc(C(=O)O)cc2n1C(=O)OC(C)(C)C. The predicted molar refractivity (Wildman–Crippen MR) is 73.1 cm³/mol. The Bertz CT molecular complexity index is 695. The molecule has 2 rings (SSSR count). The molecule has 0 unspecified atom stereocenters. The standard InChI is InChI=1S/C14H16N2O4/c1-8-15-10-6-5-9(12(17)18)7-11(10)16(8)13(19)20-14(2,3)4/h5-7H,1-4H3,(H,17,18). The Hall–Kier alpha value is -2.37. The summed E-state index contributed by atoms with van der Waals surface area (Å²) in [5, 5.41) is 9.02. The van der Waals surface area contributed by atoms with Crippen LogP contribution in [0.3, 0.4) is 0 Å². The highest BCUT2D eigenvalue weighted by Gasteiger charge is 2.22. The predicted octanol–water partition coefficient (Wildman–Crippen LogP) is 2.83. The van der Waals surface area contributed by atoms with Crippen molar-refractivity contribution in [1.29, 1.82) is 0 Å². The highest BCUT2D eigenvalue weighted by Crippen LogP contribution is 2.20. The highest BCUT2D eigenvalue weighted by atomic mass is 16.6. The molecule has 0 saturated carbocycles. The van der Waals surface area contributed by atoms with E-state index in [-0.39, 0.29) is 5.56 Å². The van der Waals surface area contributed by atoms with Gasteiger partial charge in [0.1, 0.15) is 11.4 Å². The number of nitrogens with zero attached hydrogens (tertiary/aromatic N) is 2. The third-order valence-corrected chi connectivity index (χ3v) is 2.65. The topological polar surface area (TPSA) is 81.4 Å². The number of carbonyl (C=O) groups is 2. The van der Waals surface area contributed by atoms with E-state index >= 15 is 0 Å². The Morgan fingerprint density at radius 2 is 1.95 bits per heavy atom. The van der Waals surface area contributed by atoms with Gasteiger partial charge in [-0.1, -0.05) is 0 Å². The lowest BCUT2D eigenvalue weighted by molar-refractivity contribution is 0.0539. The molecule has 1 aromatic heterocycles. The van der Waals surface area contributed by atoms with E-state index in [2.05, 4.69) is 4.98 Å². The summed E-state index contributed by atoms with van der Waals surface area (Å²) in [6.07, 6.45) is -0.569. The molecular weight excluding hydrogens is 260 g/mol. The lowest BCUT2D eigenvalue weighted by Gasteiger charge is -2.20. The summed E-state index contributed by atoms with van der Waals surface area (Å²) in [4.78, 5) is 27.4. The van der Waals surface area contributed by atoms with Gasteiger partial charge in [0.2, 0.25) is 0 Å². The van der Waals surface area contributed by atoms with E-state index in [1.807, 2.05) is 0 Å². The first kappa shape index (κ1) is 14.0. The van der Waals surface area contributed by atoms with Crippen LogP contribution in [0.5, 0.6) is 0 Å². The molecule has 0 amide bonds. The minimum absolute atomic E-state index is 0.0993. The summed E-state index contributed by atoms with van der Waals surface area (Å²) in [5.74, 6) is -0.599. The number of fused-ring (bicyclic) bond motifs is 1. The van der Waals surface area contributed by atoms with Gasteiger partial charge in [0, 0.05) is 0 Å². The summed E-state index contributed by atoms with van der Waals surface area (Å²) in [6, 6.07) is 4.45. The Balaban J connectivity index is 2.57. The maximum atomic E-state index is 12.2. The van der Waals surface area contributed by atoms with Gasteiger partial charge in [-0.3, -0.25) is 0 Å². The molecule has 20 heavy (non-hydrogen) atoms. The number of hydrogen-bond acceptors (Lipinski definition) is 4. The van der Waals surface area contributed by atoms with E-state index in [0.717, 1.165) is 0 Å². The molecule has 0 aliphatic heterocycles. The third-order valence-electron chi connectivity index (χ3n) is 2.65. The maximum Gasteiger partial charge on any atom is 0.420 e. The van der Waals surface area contributed by atoms with Crippen molar-refractivity contribution in [3.63, 3.8) is 0 Å². The van der Waals surface area contributed by atoms with E-state index in [1.54, 1.807) is 33.8 Å². The molecule has 0 spiro atoms. The van der Waals surface area contributed by atoms with Gasteiger partial charge < -0.3 is 9.84 Å². The van der Waals surface area contributed by atoms with Crippen LogP contribution in [0.4, 0.5) is 4.79 Å². The Kier molecular flexibility index (Phi) is 3.25. The number of carboxylic acid groups (broad SMARTS) is 1. The summed E-state index contributed by atoms with van der Waals surface area (Å²) in [7, 11) is 0. The highest BCUT2D eigenvalue weighted by molar-refractivity contribution is 5.95. The first-order valence-corrected chi connectivity index (χ1v) is 6.15. The molecule has 0 bridgehead atoms. The van der Waals surface area contributed by atoms with Gasteiger partial charge in [-0.25, -0.2) is 19.1 Å². The Morgan fingerprint density at radius 3 is 2.50 bits per heavy atom. The van der Waals surface area contributed by atoms with Gasteiger partial charge in [0.25, 0.3) is 0 Å². The molecular formula is C14H16N2O4. The van der Waals surface area contributed by atoms with Gasteiger partial charge >= 0.3 is 12.1 Å². The van der Waals surface area contributed by atoms with Crippen LogP contribution in [0, 0.1) is 6.92 Å². The zero-order valence-corrected chi connectivity index (χ0v) is 11.8. The van der Waals surface area contributed by atoms with Gasteiger partial charge in [0.15, 0.2) is 0 Å². The van der Waals surface area contributed by atoms with Crippen LogP contribution >= 0.6 is 0 Å². The molecule has 0 aliphatic rings. The van der Waals surface area contributed by atoms with Crippen molar-refractivity contribution in [2.75, 3.05) is 0 Å². The van der Waals surface area contributed by atoms with Crippen molar-refractivity contribution in [3.05, 3.63) is 29.6 Å². The van der Waals surface area contributed by atoms with E-state index in [4.69, 9.17) is 9.84 Å². The van der Waals surface area contributed by atoms with Gasteiger partial charge in [-0.05, 0) is 45.9 Å². The minimum Gasteiger partial charge on any atom is -0.478 e. The summed E-state index contributed by atoms with van der Waals surface area (Å²) >= 11 is 0. The average Bonchev–Trinajstić information content (AvgIpc) is 2.61. The van der Waals surface area contributed by atoms with Crippen LogP contribution in [-0.4, -0.2) is 32.3 Å². The lowest BCUT2D eigenvalue weighted by Crippen LogP contribution is -2.27. The maximum absolute atomic E-state index is 12.2. The number of imidazole rings is 1. The third kappa shape index (κ3) is 2.64. The molecule has 6 heteroatoms. The molecule has 1 aromatic carbocycles. The van der Waals surface area contributed by atoms with E-state index in [1.165, 1.54) is 16.7 Å². The molecule has 2 aromatic rings. The van der Waals surface area contributed by atoms with Crippen LogP contribution < -0.4 is 0 Å². The van der Waals surface area contributed by atoms with Crippen LogP contribution in [0.25, 0.3) is 11.0 Å². The number of aromatic nitrogens is 2. The van der Waals surface area contributed by atoms with Gasteiger partial charge in [-0.15, -0.1) is 0 Å². The average molecular weight is 276 g/mol. The zero-order valence-electron chi connectivity index (χ0n) is 11.8. The fourth-order valence-corrected chi connectivity index (χ4v) is 1.87. The fraction of sp³-hybridized carbons (Fsp3) is 0.357. The molecule has 1 N–H and O–H groups in total. The van der Waals surface area contributed by atoms with Gasteiger partial charge in [-0.2, -0.15) is 0 Å².